The molecule has 0 saturated carbocycles. The Morgan fingerprint density at radius 1 is 0.921 bits per heavy atom. The lowest BCUT2D eigenvalue weighted by molar-refractivity contribution is -0.137. The Balaban J connectivity index is 1.77. The first-order valence-corrected chi connectivity index (χ1v) is 14.6. The zero-order valence-electron chi connectivity index (χ0n) is 20.2. The van der Waals surface area contributed by atoms with Gasteiger partial charge in [0.15, 0.2) is 0 Å². The van der Waals surface area contributed by atoms with Crippen LogP contribution in [0, 0.1) is 6.92 Å². The number of rotatable bonds is 8. The normalized spacial score (nSPS) is 13.0. The van der Waals surface area contributed by atoms with Gasteiger partial charge in [-0.25, -0.2) is 16.8 Å². The number of carbonyl (C=O) groups is 1. The summed E-state index contributed by atoms with van der Waals surface area (Å²) in [5, 5.41) is 1.96. The van der Waals surface area contributed by atoms with Crippen molar-refractivity contribution in [2.24, 2.45) is 0 Å². The van der Waals surface area contributed by atoms with E-state index in [0.717, 1.165) is 40.4 Å². The Labute approximate surface area is 223 Å². The molecule has 0 radical (unpaired) electrons. The van der Waals surface area contributed by atoms with Gasteiger partial charge in [-0.05, 0) is 68.4 Å². The fraction of sp³-hybridized carbons (Fsp3) is 0.208. The van der Waals surface area contributed by atoms with Crippen molar-refractivity contribution in [3.05, 3.63) is 82.9 Å². The third-order valence-corrected chi connectivity index (χ3v) is 8.30. The summed E-state index contributed by atoms with van der Waals surface area (Å²) in [6.45, 7) is 3.24. The number of anilines is 3. The fourth-order valence-corrected chi connectivity index (χ4v) is 5.93. The van der Waals surface area contributed by atoms with Crippen LogP contribution in [0.3, 0.4) is 0 Å². The summed E-state index contributed by atoms with van der Waals surface area (Å²) in [4.78, 5) is 12.6. The summed E-state index contributed by atoms with van der Waals surface area (Å²) in [6, 6.07) is 12.8. The molecule has 204 valence electrons. The Morgan fingerprint density at radius 3 is 2.00 bits per heavy atom. The summed E-state index contributed by atoms with van der Waals surface area (Å²) < 4.78 is 92.5. The number of hydrogen-bond acceptors (Lipinski definition) is 5. The van der Waals surface area contributed by atoms with E-state index >= 15 is 0 Å². The molecule has 2 N–H and O–H groups in total. The van der Waals surface area contributed by atoms with E-state index in [2.05, 4.69) is 10.0 Å². The van der Waals surface area contributed by atoms with Gasteiger partial charge in [-0.15, -0.1) is 0 Å². The van der Waals surface area contributed by atoms with E-state index in [-0.39, 0.29) is 16.3 Å². The molecule has 0 aliphatic heterocycles. The van der Waals surface area contributed by atoms with Crippen LogP contribution in [-0.4, -0.2) is 35.0 Å². The molecular weight excluding hydrogens is 567 g/mol. The van der Waals surface area contributed by atoms with Crippen LogP contribution in [0.5, 0.6) is 0 Å². The van der Waals surface area contributed by atoms with E-state index in [4.69, 9.17) is 11.6 Å². The molecule has 0 aromatic heterocycles. The van der Waals surface area contributed by atoms with E-state index in [1.165, 1.54) is 19.1 Å². The van der Waals surface area contributed by atoms with Crippen LogP contribution in [0.2, 0.25) is 5.02 Å². The maximum absolute atomic E-state index is 13.1. The minimum absolute atomic E-state index is 0.170. The molecule has 1 atom stereocenters. The smallest absolute Gasteiger partial charge is 0.324 e. The zero-order chi connectivity index (χ0) is 28.5. The highest BCUT2D eigenvalue weighted by Crippen LogP contribution is 2.36. The number of alkyl halides is 3. The Hall–Kier alpha value is -3.29. The number of carbonyl (C=O) groups excluding carboxylic acids is 1. The molecule has 0 bridgehead atoms. The largest absolute Gasteiger partial charge is 0.417 e. The maximum Gasteiger partial charge on any atom is 0.417 e. The number of hydrogen-bond donors (Lipinski definition) is 2. The van der Waals surface area contributed by atoms with Gasteiger partial charge in [-0.2, -0.15) is 13.2 Å². The first kappa shape index (κ1) is 29.3. The molecular formula is C24H23ClF3N3O5S2. The van der Waals surface area contributed by atoms with Crippen LogP contribution in [-0.2, 0) is 31.0 Å². The van der Waals surface area contributed by atoms with Gasteiger partial charge in [0.25, 0.3) is 10.0 Å². The first-order valence-electron chi connectivity index (χ1n) is 10.9. The number of amides is 1. The predicted octanol–water partition coefficient (Wildman–Crippen LogP) is 5.26. The second kappa shape index (κ2) is 10.8. The van der Waals surface area contributed by atoms with Crippen LogP contribution in [0.1, 0.15) is 18.1 Å². The molecule has 8 nitrogen and oxygen atoms in total. The number of halogens is 4. The lowest BCUT2D eigenvalue weighted by Crippen LogP contribution is -2.45. The van der Waals surface area contributed by atoms with Gasteiger partial charge in [-0.1, -0.05) is 29.3 Å². The van der Waals surface area contributed by atoms with Crippen LogP contribution in [0.4, 0.5) is 30.2 Å². The van der Waals surface area contributed by atoms with Gasteiger partial charge in [0.1, 0.15) is 6.04 Å². The molecule has 3 rings (SSSR count). The Morgan fingerprint density at radius 2 is 1.47 bits per heavy atom. The highest BCUT2D eigenvalue weighted by Gasteiger charge is 2.34. The van der Waals surface area contributed by atoms with Crippen molar-refractivity contribution in [3.8, 4) is 0 Å². The standard InChI is InChI=1S/C24H23ClF3N3O5S2/c1-15-4-9-19(10-5-15)31(37(3,33)34)16(2)23(32)29-17-6-11-20(12-7-17)38(35,36)30-18-8-13-22(25)21(14-18)24(26,27)28/h4-14,16,30H,1-3H3,(H,29,32)/t16-/m0/s1. The topological polar surface area (TPSA) is 113 Å². The second-order valence-corrected chi connectivity index (χ2v) is 12.3. The molecule has 0 spiro atoms. The van der Waals surface area contributed by atoms with Gasteiger partial charge in [-0.3, -0.25) is 13.8 Å². The number of nitrogens with zero attached hydrogens (tertiary/aromatic N) is 1. The van der Waals surface area contributed by atoms with Crippen molar-refractivity contribution in [1.29, 1.82) is 0 Å². The molecule has 0 aliphatic carbocycles. The van der Waals surface area contributed by atoms with Crippen LogP contribution < -0.4 is 14.3 Å². The average Bonchev–Trinajstić information content (AvgIpc) is 2.80. The molecule has 14 heteroatoms. The van der Waals surface area contributed by atoms with Gasteiger partial charge in [0, 0.05) is 11.4 Å². The summed E-state index contributed by atoms with van der Waals surface area (Å²) >= 11 is 5.57. The summed E-state index contributed by atoms with van der Waals surface area (Å²) in [6.07, 6.45) is -3.80. The monoisotopic (exact) mass is 589 g/mol. The van der Waals surface area contributed by atoms with Gasteiger partial charge in [0.2, 0.25) is 15.9 Å². The van der Waals surface area contributed by atoms with Crippen LogP contribution in [0.15, 0.2) is 71.6 Å². The Kier molecular flexibility index (Phi) is 8.34. The average molecular weight is 590 g/mol. The van der Waals surface area contributed by atoms with Gasteiger partial charge in [0.05, 0.1) is 27.4 Å². The van der Waals surface area contributed by atoms with Gasteiger partial charge < -0.3 is 5.32 Å². The van der Waals surface area contributed by atoms with Crippen molar-refractivity contribution in [3.63, 3.8) is 0 Å². The lowest BCUT2D eigenvalue weighted by atomic mass is 10.2. The number of nitrogens with one attached hydrogen (secondary N) is 2. The zero-order valence-corrected chi connectivity index (χ0v) is 22.6. The molecule has 3 aromatic carbocycles. The first-order chi connectivity index (χ1) is 17.5. The number of sulfonamides is 2. The fourth-order valence-electron chi connectivity index (χ4n) is 3.48. The number of aryl methyl sites for hydroxylation is 1. The van der Waals surface area contributed by atoms with E-state index in [0.29, 0.717) is 11.8 Å². The predicted molar refractivity (Wildman–Crippen MR) is 140 cm³/mol. The van der Waals surface area contributed by atoms with E-state index < -0.39 is 48.8 Å². The molecule has 38 heavy (non-hydrogen) atoms. The van der Waals surface area contributed by atoms with Crippen LogP contribution in [0.25, 0.3) is 0 Å². The summed E-state index contributed by atoms with van der Waals surface area (Å²) in [7, 11) is -8.12. The van der Waals surface area contributed by atoms with E-state index in [9.17, 15) is 34.8 Å². The quantitative estimate of drug-likeness (QED) is 0.372. The summed E-state index contributed by atoms with van der Waals surface area (Å²) in [5.74, 6) is -0.675. The summed E-state index contributed by atoms with van der Waals surface area (Å²) in [5.41, 5.74) is -0.168. The van der Waals surface area contributed by atoms with Crippen LogP contribution >= 0.6 is 11.6 Å². The van der Waals surface area contributed by atoms with Crippen molar-refractivity contribution in [1.82, 2.24) is 0 Å². The lowest BCUT2D eigenvalue weighted by Gasteiger charge is -2.28. The van der Waals surface area contributed by atoms with E-state index in [1.54, 1.807) is 24.3 Å². The molecule has 0 aliphatic rings. The minimum atomic E-state index is -4.78. The number of benzene rings is 3. The molecule has 0 unspecified atom stereocenters. The second-order valence-electron chi connectivity index (χ2n) is 8.38. The van der Waals surface area contributed by atoms with Crippen molar-refractivity contribution in [2.45, 2.75) is 31.0 Å². The molecule has 0 saturated heterocycles. The third-order valence-electron chi connectivity index (χ3n) is 5.33. The van der Waals surface area contributed by atoms with Crippen molar-refractivity contribution < 1.29 is 34.8 Å². The highest BCUT2D eigenvalue weighted by atomic mass is 35.5. The minimum Gasteiger partial charge on any atom is -0.324 e. The molecule has 3 aromatic rings. The highest BCUT2D eigenvalue weighted by molar-refractivity contribution is 7.92. The van der Waals surface area contributed by atoms with Gasteiger partial charge >= 0.3 is 6.18 Å². The maximum atomic E-state index is 13.1. The molecule has 0 heterocycles. The van der Waals surface area contributed by atoms with E-state index in [1.807, 2.05) is 6.92 Å². The SMILES string of the molecule is Cc1ccc(N([C@@H](C)C(=O)Nc2ccc(S(=O)(=O)Nc3ccc(Cl)c(C(F)(F)F)c3)cc2)S(C)(=O)=O)cc1. The third kappa shape index (κ3) is 6.97. The Bertz CT molecular complexity index is 1540. The molecule has 1 amide bonds. The van der Waals surface area contributed by atoms with Crippen molar-refractivity contribution in [2.75, 3.05) is 20.6 Å². The van der Waals surface area contributed by atoms with Crippen molar-refractivity contribution >= 4 is 54.6 Å². The molecule has 0 fully saturated rings.